The smallest absolute Gasteiger partial charge is 0.138 e. The zero-order valence-corrected chi connectivity index (χ0v) is 13.9. The minimum absolute atomic E-state index is 0.553. The van der Waals surface area contributed by atoms with E-state index in [9.17, 15) is 0 Å². The molecule has 0 spiro atoms. The lowest BCUT2D eigenvalue weighted by Crippen LogP contribution is -2.16. The van der Waals surface area contributed by atoms with E-state index in [0.717, 1.165) is 35.4 Å². The third-order valence-electron chi connectivity index (χ3n) is 4.61. The molecule has 0 aromatic carbocycles. The van der Waals surface area contributed by atoms with Gasteiger partial charge in [0.1, 0.15) is 16.5 Å². The third kappa shape index (κ3) is 3.20. The SMILES string of the molecule is CCCNc1nc(C2CCCC(CC)C2)nc2sccc12. The summed E-state index contributed by atoms with van der Waals surface area (Å²) in [5, 5.41) is 6.79. The molecule has 2 aromatic heterocycles. The Balaban J connectivity index is 1.90. The zero-order valence-electron chi connectivity index (χ0n) is 13.1. The van der Waals surface area contributed by atoms with E-state index >= 15 is 0 Å². The van der Waals surface area contributed by atoms with Crippen molar-refractivity contribution in [2.24, 2.45) is 5.92 Å². The van der Waals surface area contributed by atoms with Crippen molar-refractivity contribution < 1.29 is 0 Å². The van der Waals surface area contributed by atoms with Gasteiger partial charge in [-0.25, -0.2) is 9.97 Å². The van der Waals surface area contributed by atoms with Crippen molar-refractivity contribution in [2.45, 2.75) is 58.3 Å². The van der Waals surface area contributed by atoms with Gasteiger partial charge in [-0.15, -0.1) is 11.3 Å². The monoisotopic (exact) mass is 303 g/mol. The van der Waals surface area contributed by atoms with Gasteiger partial charge in [0.05, 0.1) is 5.39 Å². The molecule has 21 heavy (non-hydrogen) atoms. The first-order valence-corrected chi connectivity index (χ1v) is 9.18. The van der Waals surface area contributed by atoms with E-state index in [4.69, 9.17) is 9.97 Å². The maximum Gasteiger partial charge on any atom is 0.138 e. The molecule has 114 valence electrons. The van der Waals surface area contributed by atoms with Gasteiger partial charge in [-0.3, -0.25) is 0 Å². The Morgan fingerprint density at radius 1 is 1.29 bits per heavy atom. The standard InChI is InChI=1S/C17H25N3S/c1-3-9-18-16-14-8-10-21-17(14)20-15(19-16)13-7-5-6-12(4-2)11-13/h8,10,12-13H,3-7,9,11H2,1-2H3,(H,18,19,20). The summed E-state index contributed by atoms with van der Waals surface area (Å²) in [6, 6.07) is 2.14. The zero-order chi connectivity index (χ0) is 14.7. The number of hydrogen-bond donors (Lipinski definition) is 1. The van der Waals surface area contributed by atoms with Crippen molar-refractivity contribution >= 4 is 27.4 Å². The number of rotatable bonds is 5. The van der Waals surface area contributed by atoms with E-state index in [1.807, 2.05) is 0 Å². The molecule has 0 radical (unpaired) electrons. The maximum atomic E-state index is 4.89. The molecule has 2 atom stereocenters. The van der Waals surface area contributed by atoms with Crippen LogP contribution >= 0.6 is 11.3 Å². The maximum absolute atomic E-state index is 4.89. The van der Waals surface area contributed by atoms with E-state index < -0.39 is 0 Å². The second kappa shape index (κ2) is 6.73. The lowest BCUT2D eigenvalue weighted by Gasteiger charge is -2.27. The number of nitrogens with zero attached hydrogens (tertiary/aromatic N) is 2. The predicted octanol–water partition coefficient (Wildman–Crippen LogP) is 5.20. The van der Waals surface area contributed by atoms with Crippen LogP contribution in [0.3, 0.4) is 0 Å². The van der Waals surface area contributed by atoms with Crippen molar-refractivity contribution in [1.82, 2.24) is 9.97 Å². The molecular formula is C17H25N3S. The first kappa shape index (κ1) is 14.8. The van der Waals surface area contributed by atoms with Gasteiger partial charge in [0.2, 0.25) is 0 Å². The summed E-state index contributed by atoms with van der Waals surface area (Å²) in [4.78, 5) is 10.9. The first-order chi connectivity index (χ1) is 10.3. The molecule has 2 aromatic rings. The van der Waals surface area contributed by atoms with Crippen LogP contribution in [0.15, 0.2) is 11.4 Å². The molecule has 0 bridgehead atoms. The van der Waals surface area contributed by atoms with Gasteiger partial charge in [-0.1, -0.05) is 33.1 Å². The summed E-state index contributed by atoms with van der Waals surface area (Å²) in [5.74, 6) is 3.52. The van der Waals surface area contributed by atoms with E-state index in [2.05, 4.69) is 30.6 Å². The van der Waals surface area contributed by atoms with Crippen LogP contribution in [-0.4, -0.2) is 16.5 Å². The molecule has 2 unspecified atom stereocenters. The van der Waals surface area contributed by atoms with Crippen molar-refractivity contribution in [3.63, 3.8) is 0 Å². The average Bonchev–Trinajstić information content (AvgIpc) is 3.01. The topological polar surface area (TPSA) is 37.8 Å². The fraction of sp³-hybridized carbons (Fsp3) is 0.647. The van der Waals surface area contributed by atoms with Crippen LogP contribution in [0.1, 0.15) is 64.1 Å². The third-order valence-corrected chi connectivity index (χ3v) is 5.42. The van der Waals surface area contributed by atoms with Gasteiger partial charge >= 0.3 is 0 Å². The Bertz CT molecular complexity index is 593. The van der Waals surface area contributed by atoms with Gasteiger partial charge in [0.15, 0.2) is 0 Å². The first-order valence-electron chi connectivity index (χ1n) is 8.30. The van der Waals surface area contributed by atoms with Crippen LogP contribution in [0.25, 0.3) is 10.2 Å². The summed E-state index contributed by atoms with van der Waals surface area (Å²) in [6.07, 6.45) is 7.63. The minimum Gasteiger partial charge on any atom is -0.369 e. The van der Waals surface area contributed by atoms with Gasteiger partial charge in [-0.2, -0.15) is 0 Å². The molecule has 1 saturated carbocycles. The van der Waals surface area contributed by atoms with Crippen molar-refractivity contribution in [1.29, 1.82) is 0 Å². The quantitative estimate of drug-likeness (QED) is 0.825. The molecule has 2 heterocycles. The second-order valence-corrected chi connectivity index (χ2v) is 7.03. The molecule has 0 saturated heterocycles. The van der Waals surface area contributed by atoms with Crippen LogP contribution in [-0.2, 0) is 0 Å². The van der Waals surface area contributed by atoms with Crippen LogP contribution in [0.5, 0.6) is 0 Å². The lowest BCUT2D eigenvalue weighted by molar-refractivity contribution is 0.308. The van der Waals surface area contributed by atoms with Crippen LogP contribution in [0.2, 0.25) is 0 Å². The molecule has 3 nitrogen and oxygen atoms in total. The largest absolute Gasteiger partial charge is 0.369 e. The van der Waals surface area contributed by atoms with Gasteiger partial charge in [-0.05, 0) is 36.6 Å². The molecule has 0 amide bonds. The summed E-state index contributed by atoms with van der Waals surface area (Å²) in [6.45, 7) is 5.47. The Hall–Kier alpha value is -1.16. The van der Waals surface area contributed by atoms with E-state index in [-0.39, 0.29) is 0 Å². The highest BCUT2D eigenvalue weighted by Gasteiger charge is 2.25. The highest BCUT2D eigenvalue weighted by atomic mass is 32.1. The normalized spacial score (nSPS) is 22.6. The van der Waals surface area contributed by atoms with Crippen LogP contribution in [0, 0.1) is 5.92 Å². The van der Waals surface area contributed by atoms with Gasteiger partial charge < -0.3 is 5.32 Å². The van der Waals surface area contributed by atoms with Crippen LogP contribution in [0.4, 0.5) is 5.82 Å². The fourth-order valence-electron chi connectivity index (χ4n) is 3.33. The van der Waals surface area contributed by atoms with E-state index in [1.54, 1.807) is 11.3 Å². The fourth-order valence-corrected chi connectivity index (χ4v) is 4.10. The Morgan fingerprint density at radius 3 is 3.00 bits per heavy atom. The molecular weight excluding hydrogens is 278 g/mol. The molecule has 1 N–H and O–H groups in total. The molecule has 3 rings (SSSR count). The number of anilines is 1. The number of fused-ring (bicyclic) bond motifs is 1. The average molecular weight is 303 g/mol. The van der Waals surface area contributed by atoms with Crippen LogP contribution < -0.4 is 5.32 Å². The Kier molecular flexibility index (Phi) is 4.73. The van der Waals surface area contributed by atoms with E-state index in [0.29, 0.717) is 5.92 Å². The summed E-state index contributed by atoms with van der Waals surface area (Å²) in [7, 11) is 0. The Labute approximate surface area is 131 Å². The molecule has 1 aliphatic rings. The summed E-state index contributed by atoms with van der Waals surface area (Å²) >= 11 is 1.73. The van der Waals surface area contributed by atoms with Gasteiger partial charge in [0.25, 0.3) is 0 Å². The number of thiophene rings is 1. The predicted molar refractivity (Wildman–Crippen MR) is 91.2 cm³/mol. The van der Waals surface area contributed by atoms with Crippen molar-refractivity contribution in [2.75, 3.05) is 11.9 Å². The molecule has 1 fully saturated rings. The van der Waals surface area contributed by atoms with Gasteiger partial charge in [0, 0.05) is 12.5 Å². The minimum atomic E-state index is 0.553. The summed E-state index contributed by atoms with van der Waals surface area (Å²) < 4.78 is 0. The molecule has 4 heteroatoms. The number of nitrogens with one attached hydrogen (secondary N) is 1. The Morgan fingerprint density at radius 2 is 2.19 bits per heavy atom. The highest BCUT2D eigenvalue weighted by molar-refractivity contribution is 7.16. The van der Waals surface area contributed by atoms with Crippen molar-refractivity contribution in [3.05, 3.63) is 17.3 Å². The number of aromatic nitrogens is 2. The molecule has 1 aliphatic carbocycles. The molecule has 0 aliphatic heterocycles. The summed E-state index contributed by atoms with van der Waals surface area (Å²) in [5.41, 5.74) is 0. The number of hydrogen-bond acceptors (Lipinski definition) is 4. The second-order valence-electron chi connectivity index (χ2n) is 6.13. The van der Waals surface area contributed by atoms with E-state index in [1.165, 1.54) is 37.5 Å². The highest BCUT2D eigenvalue weighted by Crippen LogP contribution is 2.37. The lowest BCUT2D eigenvalue weighted by atomic mass is 9.80. The van der Waals surface area contributed by atoms with Crippen molar-refractivity contribution in [3.8, 4) is 0 Å².